The quantitative estimate of drug-likeness (QED) is 0.764. The second-order valence-corrected chi connectivity index (χ2v) is 4.69. The van der Waals surface area contributed by atoms with Crippen LogP contribution < -0.4 is 4.74 Å². The molecular formula is C15H18FNO2. The van der Waals surface area contributed by atoms with Crippen molar-refractivity contribution in [1.29, 1.82) is 0 Å². The average molecular weight is 263 g/mol. The molecule has 0 bridgehead atoms. The average Bonchev–Trinajstić information content (AvgIpc) is 2.73. The van der Waals surface area contributed by atoms with Crippen molar-refractivity contribution < 1.29 is 13.9 Å². The second-order valence-electron chi connectivity index (χ2n) is 4.69. The fourth-order valence-corrected chi connectivity index (χ4v) is 2.10. The third kappa shape index (κ3) is 4.09. The van der Waals surface area contributed by atoms with Gasteiger partial charge < -0.3 is 9.64 Å². The van der Waals surface area contributed by atoms with E-state index < -0.39 is 0 Å². The molecule has 1 aromatic carbocycles. The lowest BCUT2D eigenvalue weighted by molar-refractivity contribution is -0.127. The minimum absolute atomic E-state index is 0.214. The molecule has 0 N–H and O–H groups in total. The molecule has 4 heteroatoms. The predicted octanol–water partition coefficient (Wildman–Crippen LogP) is 2.69. The van der Waals surface area contributed by atoms with E-state index in [2.05, 4.69) is 0 Å². The Balaban J connectivity index is 1.75. The van der Waals surface area contributed by atoms with E-state index in [0.29, 0.717) is 25.3 Å². The lowest BCUT2D eigenvalue weighted by atomic mass is 10.2. The fourth-order valence-electron chi connectivity index (χ4n) is 2.10. The predicted molar refractivity (Wildman–Crippen MR) is 71.6 cm³/mol. The highest BCUT2D eigenvalue weighted by Gasteiger charge is 2.17. The third-order valence-electron chi connectivity index (χ3n) is 3.03. The monoisotopic (exact) mass is 263 g/mol. The number of nitrogens with zero attached hydrogens (tertiary/aromatic N) is 1. The molecule has 19 heavy (non-hydrogen) atoms. The van der Waals surface area contributed by atoms with Crippen LogP contribution in [0, 0.1) is 12.7 Å². The van der Waals surface area contributed by atoms with Gasteiger partial charge in [-0.25, -0.2) is 4.39 Å². The van der Waals surface area contributed by atoms with Crippen LogP contribution in [0.5, 0.6) is 5.75 Å². The van der Waals surface area contributed by atoms with Crippen LogP contribution in [-0.2, 0) is 4.79 Å². The zero-order valence-corrected chi connectivity index (χ0v) is 11.1. The molecule has 3 nitrogen and oxygen atoms in total. The van der Waals surface area contributed by atoms with Gasteiger partial charge in [0.25, 0.3) is 0 Å². The van der Waals surface area contributed by atoms with E-state index in [1.54, 1.807) is 6.07 Å². The van der Waals surface area contributed by atoms with E-state index in [1.807, 2.05) is 24.0 Å². The lowest BCUT2D eigenvalue weighted by Crippen LogP contribution is -2.24. The van der Waals surface area contributed by atoms with Gasteiger partial charge in [0, 0.05) is 25.6 Å². The van der Waals surface area contributed by atoms with Gasteiger partial charge in [-0.2, -0.15) is 0 Å². The van der Waals surface area contributed by atoms with Crippen LogP contribution in [0.4, 0.5) is 4.39 Å². The normalized spacial score (nSPS) is 15.5. The van der Waals surface area contributed by atoms with Gasteiger partial charge >= 0.3 is 0 Å². The second kappa shape index (κ2) is 6.36. The fraction of sp³-hybridized carbons (Fsp3) is 0.400. The van der Waals surface area contributed by atoms with Crippen LogP contribution in [0.3, 0.4) is 0 Å². The number of hydrogen-bond donors (Lipinski definition) is 0. The number of likely N-dealkylation sites (tertiary alicyclic amines) is 1. The van der Waals surface area contributed by atoms with E-state index in [9.17, 15) is 9.18 Å². The summed E-state index contributed by atoms with van der Waals surface area (Å²) in [7, 11) is 0. The highest BCUT2D eigenvalue weighted by Crippen LogP contribution is 2.15. The van der Waals surface area contributed by atoms with Crippen molar-refractivity contribution in [1.82, 2.24) is 4.90 Å². The van der Waals surface area contributed by atoms with Crippen molar-refractivity contribution in [2.75, 3.05) is 19.7 Å². The number of halogens is 1. The highest BCUT2D eigenvalue weighted by atomic mass is 19.1. The molecule has 1 aromatic rings. The molecule has 2 rings (SSSR count). The summed E-state index contributed by atoms with van der Waals surface area (Å²) in [6.45, 7) is 3.67. The number of hydrogen-bond acceptors (Lipinski definition) is 2. The molecule has 1 aliphatic rings. The number of carbonyl (C=O) groups excluding carboxylic acids is 1. The lowest BCUT2D eigenvalue weighted by Gasteiger charge is -2.11. The van der Waals surface area contributed by atoms with Gasteiger partial charge in [-0.1, -0.05) is 6.08 Å². The van der Waals surface area contributed by atoms with Crippen LogP contribution >= 0.6 is 0 Å². The summed E-state index contributed by atoms with van der Waals surface area (Å²) in [5.74, 6) is 0.451. The third-order valence-corrected chi connectivity index (χ3v) is 3.03. The van der Waals surface area contributed by atoms with Crippen molar-refractivity contribution in [2.45, 2.75) is 19.8 Å². The van der Waals surface area contributed by atoms with Gasteiger partial charge in [0.2, 0.25) is 5.91 Å². The highest BCUT2D eigenvalue weighted by molar-refractivity contribution is 5.78. The maximum Gasteiger partial charge on any atom is 0.222 e. The van der Waals surface area contributed by atoms with Crippen LogP contribution in [0.2, 0.25) is 0 Å². The van der Waals surface area contributed by atoms with Gasteiger partial charge in [-0.3, -0.25) is 4.79 Å². The minimum Gasteiger partial charge on any atom is -0.489 e. The van der Waals surface area contributed by atoms with Gasteiger partial charge in [-0.05, 0) is 37.1 Å². The van der Waals surface area contributed by atoms with E-state index in [1.165, 1.54) is 12.1 Å². The number of rotatable bonds is 5. The Bertz CT molecular complexity index is 465. The van der Waals surface area contributed by atoms with Crippen LogP contribution in [-0.4, -0.2) is 30.5 Å². The maximum absolute atomic E-state index is 13.1. The topological polar surface area (TPSA) is 29.5 Å². The van der Waals surface area contributed by atoms with E-state index >= 15 is 0 Å². The summed E-state index contributed by atoms with van der Waals surface area (Å²) in [4.78, 5) is 13.2. The van der Waals surface area contributed by atoms with Gasteiger partial charge in [0.05, 0.1) is 0 Å². The Morgan fingerprint density at radius 2 is 2.21 bits per heavy atom. The zero-order chi connectivity index (χ0) is 13.7. The molecule has 0 unspecified atom stereocenters. The molecule has 1 fully saturated rings. The standard InChI is InChI=1S/C15H18FNO2/c1-12-9-13(16)11-14(10-12)19-8-3-2-6-17-7-4-5-15(17)18/h2-3,9-11H,4-8H2,1H3/b3-2-. The van der Waals surface area contributed by atoms with E-state index in [0.717, 1.165) is 18.5 Å². The summed E-state index contributed by atoms with van der Waals surface area (Å²) in [5, 5.41) is 0. The summed E-state index contributed by atoms with van der Waals surface area (Å²) < 4.78 is 18.5. The molecule has 1 heterocycles. The first kappa shape index (κ1) is 13.6. The van der Waals surface area contributed by atoms with Crippen LogP contribution in [0.25, 0.3) is 0 Å². The first-order valence-corrected chi connectivity index (χ1v) is 6.48. The molecule has 0 atom stereocenters. The summed E-state index contributed by atoms with van der Waals surface area (Å²) in [5.41, 5.74) is 0.835. The molecule has 0 aromatic heterocycles. The Kier molecular flexibility index (Phi) is 4.55. The number of carbonyl (C=O) groups is 1. The zero-order valence-electron chi connectivity index (χ0n) is 11.1. The van der Waals surface area contributed by atoms with Crippen LogP contribution in [0.1, 0.15) is 18.4 Å². The minimum atomic E-state index is -0.290. The molecule has 0 aliphatic carbocycles. The molecule has 102 valence electrons. The van der Waals surface area contributed by atoms with Gasteiger partial charge in [0.15, 0.2) is 0 Å². The van der Waals surface area contributed by atoms with Crippen molar-refractivity contribution in [2.24, 2.45) is 0 Å². The van der Waals surface area contributed by atoms with Gasteiger partial charge in [-0.15, -0.1) is 0 Å². The van der Waals surface area contributed by atoms with E-state index in [4.69, 9.17) is 4.74 Å². The first-order chi connectivity index (χ1) is 9.15. The molecule has 1 amide bonds. The molecule has 1 saturated heterocycles. The van der Waals surface area contributed by atoms with Gasteiger partial charge in [0.1, 0.15) is 18.2 Å². The van der Waals surface area contributed by atoms with Crippen molar-refractivity contribution in [3.05, 3.63) is 41.7 Å². The Labute approximate surface area is 112 Å². The molecule has 0 saturated carbocycles. The summed E-state index contributed by atoms with van der Waals surface area (Å²) in [6.07, 6.45) is 5.37. The molecule has 0 radical (unpaired) electrons. The van der Waals surface area contributed by atoms with Crippen molar-refractivity contribution in [3.8, 4) is 5.75 Å². The Morgan fingerprint density at radius 3 is 2.89 bits per heavy atom. The number of amides is 1. The molecular weight excluding hydrogens is 245 g/mol. The van der Waals surface area contributed by atoms with Crippen molar-refractivity contribution in [3.63, 3.8) is 0 Å². The van der Waals surface area contributed by atoms with Crippen molar-refractivity contribution >= 4 is 5.91 Å². The summed E-state index contributed by atoms with van der Waals surface area (Å²) >= 11 is 0. The Hall–Kier alpha value is -1.84. The molecule has 0 spiro atoms. The van der Waals surface area contributed by atoms with Crippen LogP contribution in [0.15, 0.2) is 30.4 Å². The number of ether oxygens (including phenoxy) is 1. The van der Waals surface area contributed by atoms with E-state index in [-0.39, 0.29) is 11.7 Å². The first-order valence-electron chi connectivity index (χ1n) is 6.48. The number of benzene rings is 1. The SMILES string of the molecule is Cc1cc(F)cc(OC/C=C\CN2CCCC2=O)c1. The smallest absolute Gasteiger partial charge is 0.222 e. The number of aryl methyl sites for hydroxylation is 1. The summed E-state index contributed by atoms with van der Waals surface area (Å²) in [6, 6.07) is 4.62. The largest absolute Gasteiger partial charge is 0.489 e. The Morgan fingerprint density at radius 1 is 1.37 bits per heavy atom. The maximum atomic E-state index is 13.1. The molecule has 1 aliphatic heterocycles.